The van der Waals surface area contributed by atoms with Crippen LogP contribution in [-0.2, 0) is 14.4 Å². The van der Waals surface area contributed by atoms with Crippen LogP contribution < -0.4 is 5.32 Å². The molecule has 6 nitrogen and oxygen atoms in total. The lowest BCUT2D eigenvalue weighted by molar-refractivity contribution is -0.131. The summed E-state index contributed by atoms with van der Waals surface area (Å²) in [6.45, 7) is 4.70. The molecule has 1 atom stereocenters. The zero-order chi connectivity index (χ0) is 16.9. The van der Waals surface area contributed by atoms with Gasteiger partial charge in [0, 0.05) is 38.2 Å². The molecular weight excluding hydrogens is 353 g/mol. The molecular formula is C16H19Cl2N3O3. The smallest absolute Gasteiger partial charge is 0.264 e. The maximum atomic E-state index is 12.2. The second-order valence-corrected chi connectivity index (χ2v) is 6.52. The zero-order valence-electron chi connectivity index (χ0n) is 13.1. The monoisotopic (exact) mass is 371 g/mol. The third kappa shape index (κ3) is 4.39. The van der Waals surface area contributed by atoms with Gasteiger partial charge in [0.2, 0.25) is 6.10 Å². The molecule has 1 saturated heterocycles. The second-order valence-electron chi connectivity index (χ2n) is 5.71. The van der Waals surface area contributed by atoms with E-state index in [4.69, 9.17) is 32.8 Å². The molecule has 0 unspecified atom stereocenters. The van der Waals surface area contributed by atoms with Gasteiger partial charge in [0.25, 0.3) is 5.91 Å². The van der Waals surface area contributed by atoms with E-state index in [-0.39, 0.29) is 5.91 Å². The fourth-order valence-corrected chi connectivity index (χ4v) is 2.94. The average molecular weight is 372 g/mol. The van der Waals surface area contributed by atoms with Crippen molar-refractivity contribution in [1.82, 2.24) is 10.2 Å². The molecule has 1 fully saturated rings. The highest BCUT2D eigenvalue weighted by Crippen LogP contribution is 2.25. The van der Waals surface area contributed by atoms with Crippen LogP contribution in [-0.4, -0.2) is 62.0 Å². The summed E-state index contributed by atoms with van der Waals surface area (Å²) in [6.07, 6.45) is -0.180. The van der Waals surface area contributed by atoms with Crippen LogP contribution in [0.25, 0.3) is 0 Å². The quantitative estimate of drug-likeness (QED) is 0.858. The third-order valence-electron chi connectivity index (χ3n) is 4.05. The first-order valence-electron chi connectivity index (χ1n) is 7.89. The summed E-state index contributed by atoms with van der Waals surface area (Å²) in [5.74, 6) is -0.151. The van der Waals surface area contributed by atoms with Crippen molar-refractivity contribution >= 4 is 34.8 Å². The molecule has 1 amide bonds. The van der Waals surface area contributed by atoms with Crippen molar-refractivity contribution < 1.29 is 14.4 Å². The number of benzene rings is 1. The second kappa shape index (κ2) is 8.16. The van der Waals surface area contributed by atoms with Gasteiger partial charge >= 0.3 is 0 Å². The molecule has 0 aliphatic carbocycles. The number of rotatable bonds is 5. The van der Waals surface area contributed by atoms with Crippen molar-refractivity contribution in [2.24, 2.45) is 5.16 Å². The summed E-state index contributed by atoms with van der Waals surface area (Å²) in [4.78, 5) is 19.7. The number of hydrogen-bond donors (Lipinski definition) is 1. The minimum Gasteiger partial charge on any atom is -0.382 e. The predicted octanol–water partition coefficient (Wildman–Crippen LogP) is 1.93. The molecule has 3 rings (SSSR count). The SMILES string of the molecule is O=C(NCCN1CCOCC1)[C@H]1CC(c2ccc(Cl)c(Cl)c2)=NO1. The largest absolute Gasteiger partial charge is 0.382 e. The molecule has 2 aliphatic heterocycles. The standard InChI is InChI=1S/C16H19Cl2N3O3/c17-12-2-1-11(9-13(12)18)14-10-15(24-20-14)16(22)19-3-4-21-5-7-23-8-6-21/h1-2,9,15H,3-8,10H2,(H,19,22)/t15-/m1/s1. The van der Waals surface area contributed by atoms with Gasteiger partial charge in [-0.15, -0.1) is 0 Å². The van der Waals surface area contributed by atoms with E-state index >= 15 is 0 Å². The van der Waals surface area contributed by atoms with Crippen LogP contribution in [0.4, 0.5) is 0 Å². The van der Waals surface area contributed by atoms with Crippen molar-refractivity contribution in [2.45, 2.75) is 12.5 Å². The molecule has 2 aliphatic rings. The van der Waals surface area contributed by atoms with Crippen LogP contribution in [0.2, 0.25) is 10.0 Å². The maximum absolute atomic E-state index is 12.2. The topological polar surface area (TPSA) is 63.2 Å². The fourth-order valence-electron chi connectivity index (χ4n) is 2.64. The number of oxime groups is 1. The highest BCUT2D eigenvalue weighted by molar-refractivity contribution is 6.42. The van der Waals surface area contributed by atoms with Gasteiger partial charge in [-0.05, 0) is 12.1 Å². The third-order valence-corrected chi connectivity index (χ3v) is 4.78. The Bertz CT molecular complexity index is 633. The number of morpholine rings is 1. The normalized spacial score (nSPS) is 21.2. The van der Waals surface area contributed by atoms with E-state index in [0.29, 0.717) is 28.7 Å². The molecule has 1 aromatic carbocycles. The highest BCUT2D eigenvalue weighted by Gasteiger charge is 2.29. The minimum atomic E-state index is -0.598. The van der Waals surface area contributed by atoms with Crippen LogP contribution in [0.3, 0.4) is 0 Å². The first kappa shape index (κ1) is 17.5. The Hall–Kier alpha value is -1.34. The van der Waals surface area contributed by atoms with E-state index in [0.717, 1.165) is 38.4 Å². The molecule has 0 aromatic heterocycles. The predicted molar refractivity (Wildman–Crippen MR) is 92.8 cm³/mol. The van der Waals surface area contributed by atoms with Crippen LogP contribution in [0.15, 0.2) is 23.4 Å². The molecule has 8 heteroatoms. The van der Waals surface area contributed by atoms with Crippen molar-refractivity contribution in [2.75, 3.05) is 39.4 Å². The number of nitrogens with zero attached hydrogens (tertiary/aromatic N) is 2. The molecule has 0 radical (unpaired) electrons. The Balaban J connectivity index is 1.45. The number of ether oxygens (including phenoxy) is 1. The van der Waals surface area contributed by atoms with E-state index in [2.05, 4.69) is 15.4 Å². The van der Waals surface area contributed by atoms with E-state index in [9.17, 15) is 4.79 Å². The van der Waals surface area contributed by atoms with Gasteiger partial charge in [-0.1, -0.05) is 34.4 Å². The summed E-state index contributed by atoms with van der Waals surface area (Å²) in [7, 11) is 0. The van der Waals surface area contributed by atoms with Crippen molar-refractivity contribution in [3.8, 4) is 0 Å². The first-order chi connectivity index (χ1) is 11.6. The average Bonchev–Trinajstić information content (AvgIpc) is 3.08. The molecule has 24 heavy (non-hydrogen) atoms. The zero-order valence-corrected chi connectivity index (χ0v) is 14.6. The molecule has 2 heterocycles. The van der Waals surface area contributed by atoms with E-state index in [1.165, 1.54) is 0 Å². The Labute approximate surface area is 150 Å². The number of amides is 1. The van der Waals surface area contributed by atoms with Crippen molar-refractivity contribution in [3.63, 3.8) is 0 Å². The summed E-state index contributed by atoms with van der Waals surface area (Å²) < 4.78 is 5.30. The van der Waals surface area contributed by atoms with E-state index in [1.807, 2.05) is 6.07 Å². The molecule has 0 saturated carbocycles. The molecule has 0 bridgehead atoms. The number of hydrogen-bond acceptors (Lipinski definition) is 5. The van der Waals surface area contributed by atoms with E-state index in [1.54, 1.807) is 12.1 Å². The Morgan fingerprint density at radius 3 is 2.83 bits per heavy atom. The molecule has 1 aromatic rings. The Morgan fingerprint density at radius 1 is 1.29 bits per heavy atom. The van der Waals surface area contributed by atoms with Gasteiger partial charge in [0.1, 0.15) is 0 Å². The minimum absolute atomic E-state index is 0.151. The molecule has 130 valence electrons. The van der Waals surface area contributed by atoms with Gasteiger partial charge < -0.3 is 14.9 Å². The molecule has 1 N–H and O–H groups in total. The number of carbonyl (C=O) groups excluding carboxylic acids is 1. The van der Waals surface area contributed by atoms with E-state index < -0.39 is 6.10 Å². The van der Waals surface area contributed by atoms with Crippen LogP contribution >= 0.6 is 23.2 Å². The lowest BCUT2D eigenvalue weighted by atomic mass is 10.0. The summed E-state index contributed by atoms with van der Waals surface area (Å²) in [5, 5.41) is 7.84. The van der Waals surface area contributed by atoms with Crippen LogP contribution in [0.5, 0.6) is 0 Å². The first-order valence-corrected chi connectivity index (χ1v) is 8.65. The summed E-state index contributed by atoms with van der Waals surface area (Å²) in [6, 6.07) is 5.25. The maximum Gasteiger partial charge on any atom is 0.264 e. The van der Waals surface area contributed by atoms with Crippen molar-refractivity contribution in [3.05, 3.63) is 33.8 Å². The Morgan fingerprint density at radius 2 is 2.08 bits per heavy atom. The van der Waals surface area contributed by atoms with Gasteiger partial charge in [0.15, 0.2) is 0 Å². The summed E-state index contributed by atoms with van der Waals surface area (Å²) >= 11 is 11.9. The van der Waals surface area contributed by atoms with Gasteiger partial charge in [-0.2, -0.15) is 0 Å². The van der Waals surface area contributed by atoms with Gasteiger partial charge in [-0.3, -0.25) is 9.69 Å². The Kier molecular flexibility index (Phi) is 5.94. The van der Waals surface area contributed by atoms with Crippen molar-refractivity contribution in [1.29, 1.82) is 0 Å². The number of nitrogens with one attached hydrogen (secondary N) is 1. The summed E-state index contributed by atoms with van der Waals surface area (Å²) in [5.41, 5.74) is 1.51. The van der Waals surface area contributed by atoms with Gasteiger partial charge in [0.05, 0.1) is 29.0 Å². The van der Waals surface area contributed by atoms with Crippen LogP contribution in [0.1, 0.15) is 12.0 Å². The fraction of sp³-hybridized carbons (Fsp3) is 0.500. The number of carbonyl (C=O) groups is 1. The highest BCUT2D eigenvalue weighted by atomic mass is 35.5. The number of halogens is 2. The molecule has 0 spiro atoms. The lowest BCUT2D eigenvalue weighted by Crippen LogP contribution is -2.43. The van der Waals surface area contributed by atoms with Gasteiger partial charge in [-0.25, -0.2) is 0 Å². The van der Waals surface area contributed by atoms with Crippen LogP contribution in [0, 0.1) is 0 Å². The lowest BCUT2D eigenvalue weighted by Gasteiger charge is -2.26.